The minimum Gasteiger partial charge on any atom is -0.276 e. The third kappa shape index (κ3) is 62.8. The second-order valence-electron chi connectivity index (χ2n) is 1.03. The van der Waals surface area contributed by atoms with Gasteiger partial charge >= 0.3 is 0 Å². The summed E-state index contributed by atoms with van der Waals surface area (Å²) < 4.78 is 0. The van der Waals surface area contributed by atoms with E-state index in [1.807, 2.05) is 0 Å². The number of rotatable bonds is 1. The molecule has 0 radical (unpaired) electrons. The fourth-order valence-corrected chi connectivity index (χ4v) is 0. The molecule has 0 fully saturated rings. The highest BCUT2D eigenvalue weighted by Crippen LogP contribution is 1.95. The molecule has 0 aromatic carbocycles. The average Bonchev–Trinajstić information content (AvgIpc) is 1.65. The van der Waals surface area contributed by atoms with Gasteiger partial charge in [-0.25, -0.2) is 0 Å². The van der Waals surface area contributed by atoms with Crippen LogP contribution in [0.1, 0.15) is 6.92 Å². The average molecular weight is 189 g/mol. The smallest absolute Gasteiger partial charge is 0.244 e. The van der Waals surface area contributed by atoms with Crippen molar-refractivity contribution in [2.45, 2.75) is 11.8 Å². The molecule has 0 N–H and O–H groups in total. The SMILES string of the molecule is C=CC(=O)Cl.CC(Cl)Cl. The number of hydrogen-bond donors (Lipinski definition) is 0. The van der Waals surface area contributed by atoms with E-state index in [1.54, 1.807) is 6.92 Å². The maximum Gasteiger partial charge on any atom is 0.244 e. The summed E-state index contributed by atoms with van der Waals surface area (Å²) in [6.07, 6.45) is 1.04. The normalized spacial score (nSPS) is 7.67. The Balaban J connectivity index is 0. The van der Waals surface area contributed by atoms with Crippen molar-refractivity contribution in [2.75, 3.05) is 0 Å². The van der Waals surface area contributed by atoms with E-state index in [0.29, 0.717) is 0 Å². The topological polar surface area (TPSA) is 17.1 Å². The Hall–Kier alpha value is 0.280. The lowest BCUT2D eigenvalue weighted by atomic mass is 10.7. The summed E-state index contributed by atoms with van der Waals surface area (Å²) in [6, 6.07) is 0. The first kappa shape index (κ1) is 12.0. The number of carbonyl (C=O) groups is 1. The second kappa shape index (κ2) is 8.28. The van der Waals surface area contributed by atoms with Crippen LogP contribution in [0.2, 0.25) is 0 Å². The maximum absolute atomic E-state index is 9.46. The summed E-state index contributed by atoms with van der Waals surface area (Å²) in [5.74, 6) is 0. The lowest BCUT2D eigenvalue weighted by Crippen LogP contribution is -1.67. The summed E-state index contributed by atoms with van der Waals surface area (Å²) in [6.45, 7) is 4.78. The van der Waals surface area contributed by atoms with Crippen LogP contribution in [-0.2, 0) is 4.79 Å². The van der Waals surface area contributed by atoms with E-state index < -0.39 is 5.24 Å². The van der Waals surface area contributed by atoms with Gasteiger partial charge in [0.2, 0.25) is 5.24 Å². The Morgan fingerprint density at radius 3 is 1.78 bits per heavy atom. The van der Waals surface area contributed by atoms with Crippen molar-refractivity contribution in [1.82, 2.24) is 0 Å². The summed E-state index contributed by atoms with van der Waals surface area (Å²) in [4.78, 5) is 9.24. The third-order valence-electron chi connectivity index (χ3n) is 0.160. The molecule has 0 aliphatic rings. The van der Waals surface area contributed by atoms with Gasteiger partial charge in [-0.2, -0.15) is 0 Å². The first-order valence-corrected chi connectivity index (χ1v) is 3.35. The van der Waals surface area contributed by atoms with Crippen LogP contribution in [0.5, 0.6) is 0 Å². The van der Waals surface area contributed by atoms with Crippen molar-refractivity contribution in [1.29, 1.82) is 0 Å². The molecule has 0 saturated carbocycles. The number of alkyl halides is 2. The molecule has 0 spiro atoms. The molecule has 0 unspecified atom stereocenters. The van der Waals surface area contributed by atoms with Gasteiger partial charge in [0.25, 0.3) is 0 Å². The molecule has 9 heavy (non-hydrogen) atoms. The van der Waals surface area contributed by atoms with Gasteiger partial charge in [-0.15, -0.1) is 23.2 Å². The van der Waals surface area contributed by atoms with E-state index in [9.17, 15) is 4.79 Å². The van der Waals surface area contributed by atoms with Gasteiger partial charge in [-0.1, -0.05) is 6.58 Å². The van der Waals surface area contributed by atoms with Gasteiger partial charge < -0.3 is 0 Å². The van der Waals surface area contributed by atoms with Crippen LogP contribution >= 0.6 is 34.8 Å². The van der Waals surface area contributed by atoms with Gasteiger partial charge in [-0.3, -0.25) is 4.79 Å². The van der Waals surface area contributed by atoms with Crippen LogP contribution in [0.3, 0.4) is 0 Å². The van der Waals surface area contributed by atoms with Crippen LogP contribution in [0.4, 0.5) is 0 Å². The van der Waals surface area contributed by atoms with E-state index in [4.69, 9.17) is 34.8 Å². The fourth-order valence-electron chi connectivity index (χ4n) is 0. The molecule has 0 rings (SSSR count). The maximum atomic E-state index is 9.46. The Morgan fingerprint density at radius 2 is 1.78 bits per heavy atom. The molecular formula is C5H7Cl3O. The monoisotopic (exact) mass is 188 g/mol. The van der Waals surface area contributed by atoms with E-state index in [-0.39, 0.29) is 4.84 Å². The zero-order valence-electron chi connectivity index (χ0n) is 4.90. The number of allylic oxidation sites excluding steroid dienone is 1. The fraction of sp³-hybridized carbons (Fsp3) is 0.400. The zero-order chi connectivity index (χ0) is 7.86. The molecule has 4 heteroatoms. The lowest BCUT2D eigenvalue weighted by molar-refractivity contribution is -0.107. The van der Waals surface area contributed by atoms with E-state index in [0.717, 1.165) is 6.08 Å². The van der Waals surface area contributed by atoms with Crippen LogP contribution < -0.4 is 0 Å². The van der Waals surface area contributed by atoms with Crippen molar-refractivity contribution < 1.29 is 4.79 Å². The highest BCUT2D eigenvalue weighted by Gasteiger charge is 1.75. The van der Waals surface area contributed by atoms with Crippen molar-refractivity contribution in [3.8, 4) is 0 Å². The minimum absolute atomic E-state index is 0.222. The van der Waals surface area contributed by atoms with Gasteiger partial charge in [-0.05, 0) is 24.6 Å². The molecule has 1 nitrogen and oxygen atoms in total. The predicted octanol–water partition coefficient (Wildman–Crippen LogP) is 2.75. The van der Waals surface area contributed by atoms with E-state index in [2.05, 4.69) is 6.58 Å². The number of carbonyl (C=O) groups excluding carboxylic acids is 1. The van der Waals surface area contributed by atoms with Gasteiger partial charge in [0, 0.05) is 0 Å². The van der Waals surface area contributed by atoms with Gasteiger partial charge in [0.1, 0.15) is 4.84 Å². The molecule has 0 bridgehead atoms. The van der Waals surface area contributed by atoms with E-state index >= 15 is 0 Å². The van der Waals surface area contributed by atoms with Crippen molar-refractivity contribution in [3.63, 3.8) is 0 Å². The Labute approximate surface area is 69.6 Å². The third-order valence-corrected chi connectivity index (χ3v) is 0.315. The van der Waals surface area contributed by atoms with E-state index in [1.165, 1.54) is 0 Å². The van der Waals surface area contributed by atoms with Gasteiger partial charge in [0.15, 0.2) is 0 Å². The Kier molecular flexibility index (Phi) is 11.0. The lowest BCUT2D eigenvalue weighted by Gasteiger charge is -1.72. The standard InChI is InChI=1S/C3H3ClO.C2H4Cl2/c1-2-3(4)5;1-2(3)4/h2H,1H2;2H,1H3. The minimum atomic E-state index is -0.509. The van der Waals surface area contributed by atoms with Crippen LogP contribution in [-0.4, -0.2) is 10.1 Å². The van der Waals surface area contributed by atoms with Crippen molar-refractivity contribution in [2.24, 2.45) is 0 Å². The highest BCUT2D eigenvalue weighted by molar-refractivity contribution is 6.66. The molecule has 54 valence electrons. The first-order chi connectivity index (χ1) is 4.00. The van der Waals surface area contributed by atoms with Crippen molar-refractivity contribution in [3.05, 3.63) is 12.7 Å². The van der Waals surface area contributed by atoms with Gasteiger partial charge in [0.05, 0.1) is 0 Å². The highest BCUT2D eigenvalue weighted by atomic mass is 35.5. The molecule has 0 aromatic heterocycles. The van der Waals surface area contributed by atoms with Crippen LogP contribution in [0.25, 0.3) is 0 Å². The van der Waals surface area contributed by atoms with Crippen LogP contribution in [0.15, 0.2) is 12.7 Å². The molecule has 0 aliphatic carbocycles. The number of halogens is 3. The summed E-state index contributed by atoms with van der Waals surface area (Å²) in [5, 5.41) is -0.509. The summed E-state index contributed by atoms with van der Waals surface area (Å²) >= 11 is 14.8. The largest absolute Gasteiger partial charge is 0.276 e. The van der Waals surface area contributed by atoms with Crippen molar-refractivity contribution >= 4 is 40.0 Å². The second-order valence-corrected chi connectivity index (χ2v) is 2.93. The molecule has 0 aliphatic heterocycles. The molecule has 0 atom stereocenters. The molecular weight excluding hydrogens is 182 g/mol. The molecule has 0 amide bonds. The Morgan fingerprint density at radius 1 is 1.67 bits per heavy atom. The van der Waals surface area contributed by atoms with Crippen LogP contribution in [0, 0.1) is 0 Å². The quantitative estimate of drug-likeness (QED) is 0.352. The molecule has 0 saturated heterocycles. The summed E-state index contributed by atoms with van der Waals surface area (Å²) in [5.41, 5.74) is 0. The molecule has 0 heterocycles. The molecule has 0 aromatic rings. The summed E-state index contributed by atoms with van der Waals surface area (Å²) in [7, 11) is 0. The zero-order valence-corrected chi connectivity index (χ0v) is 7.17. The first-order valence-electron chi connectivity index (χ1n) is 2.10. The predicted molar refractivity (Wildman–Crippen MR) is 42.2 cm³/mol. The number of hydrogen-bond acceptors (Lipinski definition) is 1. The Bertz CT molecular complexity index is 87.4.